The van der Waals surface area contributed by atoms with Crippen LogP contribution in [0.1, 0.15) is 26.7 Å². The molecule has 0 saturated carbocycles. The SMILES string of the molecule is CCN(CC)CC1CCN(C)CC1. The maximum absolute atomic E-state index is 2.55. The van der Waals surface area contributed by atoms with Crippen LogP contribution in [0, 0.1) is 5.92 Å². The topological polar surface area (TPSA) is 6.48 Å². The average Bonchev–Trinajstić information content (AvgIpc) is 2.17. The minimum Gasteiger partial charge on any atom is -0.306 e. The highest BCUT2D eigenvalue weighted by molar-refractivity contribution is 4.72. The Kier molecular flexibility index (Phi) is 4.74. The van der Waals surface area contributed by atoms with E-state index in [0.29, 0.717) is 0 Å². The fourth-order valence-corrected chi connectivity index (χ4v) is 2.09. The molecule has 1 rings (SSSR count). The Morgan fingerprint density at radius 3 is 2.15 bits per heavy atom. The Morgan fingerprint density at radius 1 is 1.15 bits per heavy atom. The van der Waals surface area contributed by atoms with Crippen LogP contribution >= 0.6 is 0 Å². The molecule has 1 heterocycles. The van der Waals surface area contributed by atoms with Gasteiger partial charge in [-0.1, -0.05) is 13.8 Å². The predicted molar refractivity (Wildman–Crippen MR) is 58.0 cm³/mol. The summed E-state index contributed by atoms with van der Waals surface area (Å²) in [6.07, 6.45) is 2.79. The van der Waals surface area contributed by atoms with Gasteiger partial charge in [-0.3, -0.25) is 0 Å². The minimum atomic E-state index is 0.955. The molecule has 0 aromatic rings. The molecule has 0 spiro atoms. The second-order valence-electron chi connectivity index (χ2n) is 4.23. The predicted octanol–water partition coefficient (Wildman–Crippen LogP) is 1.67. The molecule has 1 fully saturated rings. The van der Waals surface area contributed by atoms with Crippen LogP contribution in [0.2, 0.25) is 0 Å². The lowest BCUT2D eigenvalue weighted by molar-refractivity contribution is 0.168. The van der Waals surface area contributed by atoms with Crippen LogP contribution in [0.15, 0.2) is 0 Å². The van der Waals surface area contributed by atoms with E-state index >= 15 is 0 Å². The van der Waals surface area contributed by atoms with Gasteiger partial charge in [0.2, 0.25) is 0 Å². The summed E-state index contributed by atoms with van der Waals surface area (Å²) in [7, 11) is 2.23. The van der Waals surface area contributed by atoms with Crippen molar-refractivity contribution in [2.75, 3.05) is 39.8 Å². The lowest BCUT2D eigenvalue weighted by Crippen LogP contribution is -2.36. The third kappa shape index (κ3) is 3.65. The molecule has 1 saturated heterocycles. The normalized spacial score (nSPS) is 21.2. The van der Waals surface area contributed by atoms with Crippen molar-refractivity contribution in [2.45, 2.75) is 26.7 Å². The van der Waals surface area contributed by atoms with Crippen molar-refractivity contribution < 1.29 is 0 Å². The Morgan fingerprint density at radius 2 is 1.69 bits per heavy atom. The molecular weight excluding hydrogens is 160 g/mol. The number of hydrogen-bond acceptors (Lipinski definition) is 2. The summed E-state index contributed by atoms with van der Waals surface area (Å²) in [6, 6.07) is 0. The van der Waals surface area contributed by atoms with E-state index in [1.165, 1.54) is 45.6 Å². The van der Waals surface area contributed by atoms with Gasteiger partial charge >= 0.3 is 0 Å². The van der Waals surface area contributed by atoms with Gasteiger partial charge in [-0.15, -0.1) is 0 Å². The molecular formula is C11H24N2. The van der Waals surface area contributed by atoms with Gasteiger partial charge in [0.25, 0.3) is 0 Å². The second-order valence-corrected chi connectivity index (χ2v) is 4.23. The molecule has 0 N–H and O–H groups in total. The highest BCUT2D eigenvalue weighted by Gasteiger charge is 2.17. The van der Waals surface area contributed by atoms with Crippen LogP contribution in [0.5, 0.6) is 0 Å². The molecule has 0 amide bonds. The molecule has 0 aliphatic carbocycles. The van der Waals surface area contributed by atoms with Gasteiger partial charge in [-0.05, 0) is 52.0 Å². The first kappa shape index (κ1) is 11.0. The quantitative estimate of drug-likeness (QED) is 0.656. The average molecular weight is 184 g/mol. The van der Waals surface area contributed by atoms with E-state index in [1.807, 2.05) is 0 Å². The van der Waals surface area contributed by atoms with Crippen molar-refractivity contribution in [3.05, 3.63) is 0 Å². The third-order valence-corrected chi connectivity index (χ3v) is 3.25. The van der Waals surface area contributed by atoms with Crippen LogP contribution in [0.25, 0.3) is 0 Å². The van der Waals surface area contributed by atoms with Gasteiger partial charge in [-0.25, -0.2) is 0 Å². The Balaban J connectivity index is 2.21. The summed E-state index contributed by atoms with van der Waals surface area (Å²) in [5.74, 6) is 0.955. The number of likely N-dealkylation sites (tertiary alicyclic amines) is 1. The summed E-state index contributed by atoms with van der Waals surface area (Å²) in [5.41, 5.74) is 0. The van der Waals surface area contributed by atoms with Gasteiger partial charge in [0.1, 0.15) is 0 Å². The summed E-state index contributed by atoms with van der Waals surface area (Å²) in [5, 5.41) is 0. The van der Waals surface area contributed by atoms with E-state index in [1.54, 1.807) is 0 Å². The van der Waals surface area contributed by atoms with Crippen LogP contribution in [-0.4, -0.2) is 49.6 Å². The maximum Gasteiger partial charge on any atom is 0.00104 e. The van der Waals surface area contributed by atoms with E-state index in [9.17, 15) is 0 Å². The lowest BCUT2D eigenvalue weighted by atomic mass is 9.96. The van der Waals surface area contributed by atoms with Gasteiger partial charge in [0.05, 0.1) is 0 Å². The molecule has 0 aromatic carbocycles. The molecule has 2 heteroatoms. The van der Waals surface area contributed by atoms with E-state index in [0.717, 1.165) is 5.92 Å². The first-order chi connectivity index (χ1) is 6.26. The first-order valence-corrected chi connectivity index (χ1v) is 5.67. The molecule has 1 aliphatic heterocycles. The maximum atomic E-state index is 2.55. The van der Waals surface area contributed by atoms with Gasteiger partial charge in [0.15, 0.2) is 0 Å². The highest BCUT2D eigenvalue weighted by atomic mass is 15.1. The molecule has 2 nitrogen and oxygen atoms in total. The van der Waals surface area contributed by atoms with Crippen molar-refractivity contribution in [3.63, 3.8) is 0 Å². The highest BCUT2D eigenvalue weighted by Crippen LogP contribution is 2.16. The molecule has 1 aliphatic rings. The zero-order chi connectivity index (χ0) is 9.68. The Bertz CT molecular complexity index is 124. The molecule has 0 unspecified atom stereocenters. The van der Waals surface area contributed by atoms with Crippen LogP contribution in [0.4, 0.5) is 0 Å². The summed E-state index contributed by atoms with van der Waals surface area (Å²) in [4.78, 5) is 4.99. The van der Waals surface area contributed by atoms with Crippen molar-refractivity contribution in [1.29, 1.82) is 0 Å². The van der Waals surface area contributed by atoms with E-state index in [4.69, 9.17) is 0 Å². The largest absolute Gasteiger partial charge is 0.306 e. The van der Waals surface area contributed by atoms with E-state index < -0.39 is 0 Å². The van der Waals surface area contributed by atoms with Crippen molar-refractivity contribution in [2.24, 2.45) is 5.92 Å². The standard InChI is InChI=1S/C11H24N2/c1-4-13(5-2)10-11-6-8-12(3)9-7-11/h11H,4-10H2,1-3H3. The zero-order valence-corrected chi connectivity index (χ0v) is 9.42. The van der Waals surface area contributed by atoms with Crippen LogP contribution in [-0.2, 0) is 0 Å². The second kappa shape index (κ2) is 5.61. The number of nitrogens with zero attached hydrogens (tertiary/aromatic N) is 2. The van der Waals surface area contributed by atoms with Crippen molar-refractivity contribution in [1.82, 2.24) is 9.80 Å². The zero-order valence-electron chi connectivity index (χ0n) is 9.42. The molecule has 0 aromatic heterocycles. The fourth-order valence-electron chi connectivity index (χ4n) is 2.09. The van der Waals surface area contributed by atoms with Gasteiger partial charge in [-0.2, -0.15) is 0 Å². The number of hydrogen-bond donors (Lipinski definition) is 0. The number of rotatable bonds is 4. The molecule has 0 bridgehead atoms. The molecule has 78 valence electrons. The fraction of sp³-hybridized carbons (Fsp3) is 1.00. The molecule has 0 radical (unpaired) electrons. The van der Waals surface area contributed by atoms with Gasteiger partial charge in [0, 0.05) is 6.54 Å². The minimum absolute atomic E-state index is 0.955. The summed E-state index contributed by atoms with van der Waals surface area (Å²) >= 11 is 0. The van der Waals surface area contributed by atoms with Gasteiger partial charge < -0.3 is 9.80 Å². The Hall–Kier alpha value is -0.0800. The monoisotopic (exact) mass is 184 g/mol. The third-order valence-electron chi connectivity index (χ3n) is 3.25. The van der Waals surface area contributed by atoms with E-state index in [-0.39, 0.29) is 0 Å². The summed E-state index contributed by atoms with van der Waals surface area (Å²) < 4.78 is 0. The first-order valence-electron chi connectivity index (χ1n) is 5.67. The van der Waals surface area contributed by atoms with Crippen LogP contribution in [0.3, 0.4) is 0 Å². The number of piperidine rings is 1. The summed E-state index contributed by atoms with van der Waals surface area (Å²) in [6.45, 7) is 10.9. The Labute approximate surface area is 82.9 Å². The van der Waals surface area contributed by atoms with Crippen molar-refractivity contribution >= 4 is 0 Å². The smallest absolute Gasteiger partial charge is 0.00104 e. The van der Waals surface area contributed by atoms with E-state index in [2.05, 4.69) is 30.7 Å². The molecule has 0 atom stereocenters. The lowest BCUT2D eigenvalue weighted by Gasteiger charge is -2.32. The van der Waals surface area contributed by atoms with Crippen LogP contribution < -0.4 is 0 Å². The van der Waals surface area contributed by atoms with Crippen molar-refractivity contribution in [3.8, 4) is 0 Å². The molecule has 13 heavy (non-hydrogen) atoms.